The molecule has 0 aliphatic heterocycles. The molecule has 0 spiro atoms. The summed E-state index contributed by atoms with van der Waals surface area (Å²) in [6.45, 7) is 5.88. The summed E-state index contributed by atoms with van der Waals surface area (Å²) in [5.74, 6) is 0.238. The number of aromatic nitrogens is 2. The summed E-state index contributed by atoms with van der Waals surface area (Å²) in [6.07, 6.45) is 7.45. The average Bonchev–Trinajstić information content (AvgIpc) is 2.77. The first-order valence-electron chi connectivity index (χ1n) is 9.47. The molecular weight excluding hydrogens is 350 g/mol. The largest absolute Gasteiger partial charge is 0.462 e. The van der Waals surface area contributed by atoms with E-state index in [0.29, 0.717) is 39.1 Å². The topological polar surface area (TPSA) is 84.1 Å². The van der Waals surface area contributed by atoms with Crippen LogP contribution in [0, 0.1) is 6.92 Å². The van der Waals surface area contributed by atoms with Gasteiger partial charge in [0.1, 0.15) is 15.5 Å². The van der Waals surface area contributed by atoms with Crippen LogP contribution in [0.25, 0.3) is 10.2 Å². The number of ether oxygens (including phenoxy) is 1. The van der Waals surface area contributed by atoms with E-state index in [1.54, 1.807) is 13.8 Å². The molecule has 2 aromatic heterocycles. The number of nitrogens with zero attached hydrogens (tertiary/aromatic N) is 1. The monoisotopic (exact) mass is 377 g/mol. The van der Waals surface area contributed by atoms with Gasteiger partial charge in [0, 0.05) is 6.04 Å². The van der Waals surface area contributed by atoms with Crippen molar-refractivity contribution in [2.75, 3.05) is 6.61 Å². The zero-order valence-corrected chi connectivity index (χ0v) is 16.5. The molecule has 1 aliphatic carbocycles. The summed E-state index contributed by atoms with van der Waals surface area (Å²) in [5, 5.41) is 4.10. The lowest BCUT2D eigenvalue weighted by Crippen LogP contribution is -2.32. The number of nitrogens with one attached hydrogen (secondary N) is 2. The van der Waals surface area contributed by atoms with Crippen molar-refractivity contribution in [3.8, 4) is 0 Å². The minimum atomic E-state index is -0.390. The summed E-state index contributed by atoms with van der Waals surface area (Å²) in [6, 6.07) is 0.428. The molecule has 142 valence electrons. The third kappa shape index (κ3) is 3.99. The molecule has 0 unspecified atom stereocenters. The van der Waals surface area contributed by atoms with Gasteiger partial charge in [0.05, 0.1) is 18.0 Å². The number of H-pyrrole nitrogens is 1. The molecule has 0 bridgehead atoms. The maximum Gasteiger partial charge on any atom is 0.348 e. The van der Waals surface area contributed by atoms with Crippen LogP contribution in [-0.4, -0.2) is 28.6 Å². The second kappa shape index (κ2) is 8.31. The standard InChI is InChI=1S/C19H27N3O3S/c1-4-25-19(24)15-11(2)14-17(23)21-16(22-18(14)26-15)12(3)20-13-9-7-5-6-8-10-13/h12-13,20H,4-10H2,1-3H3,(H,21,22,23)/t12-/m1/s1. The maximum atomic E-state index is 12.6. The van der Waals surface area contributed by atoms with Gasteiger partial charge in [-0.3, -0.25) is 4.79 Å². The fourth-order valence-corrected chi connectivity index (χ4v) is 4.72. The quantitative estimate of drug-likeness (QED) is 0.611. The summed E-state index contributed by atoms with van der Waals surface area (Å²) in [5.41, 5.74) is 0.456. The average molecular weight is 378 g/mol. The van der Waals surface area contributed by atoms with Gasteiger partial charge in [0.15, 0.2) is 0 Å². The number of fused-ring (bicyclic) bond motifs is 1. The van der Waals surface area contributed by atoms with E-state index in [0.717, 1.165) is 0 Å². The number of aryl methyl sites for hydroxylation is 1. The van der Waals surface area contributed by atoms with Gasteiger partial charge in [0.25, 0.3) is 5.56 Å². The van der Waals surface area contributed by atoms with Crippen LogP contribution in [0.3, 0.4) is 0 Å². The molecule has 6 nitrogen and oxygen atoms in total. The van der Waals surface area contributed by atoms with Gasteiger partial charge in [0.2, 0.25) is 0 Å². The summed E-state index contributed by atoms with van der Waals surface area (Å²) < 4.78 is 5.09. The van der Waals surface area contributed by atoms with Crippen molar-refractivity contribution in [3.05, 3.63) is 26.6 Å². The molecule has 3 rings (SSSR count). The van der Waals surface area contributed by atoms with Crippen LogP contribution in [0.5, 0.6) is 0 Å². The summed E-state index contributed by atoms with van der Waals surface area (Å²) >= 11 is 1.23. The predicted molar refractivity (Wildman–Crippen MR) is 104 cm³/mol. The van der Waals surface area contributed by atoms with Gasteiger partial charge < -0.3 is 15.0 Å². The van der Waals surface area contributed by atoms with E-state index in [2.05, 4.69) is 15.3 Å². The highest BCUT2D eigenvalue weighted by atomic mass is 32.1. The van der Waals surface area contributed by atoms with Gasteiger partial charge in [-0.05, 0) is 39.2 Å². The lowest BCUT2D eigenvalue weighted by molar-refractivity contribution is 0.0531. The van der Waals surface area contributed by atoms with Crippen molar-refractivity contribution in [2.24, 2.45) is 0 Å². The van der Waals surface area contributed by atoms with Crippen LogP contribution in [0.15, 0.2) is 4.79 Å². The lowest BCUT2D eigenvalue weighted by Gasteiger charge is -2.21. The van der Waals surface area contributed by atoms with E-state index in [-0.39, 0.29) is 11.6 Å². The van der Waals surface area contributed by atoms with Crippen LogP contribution in [0.4, 0.5) is 0 Å². The third-order valence-corrected chi connectivity index (χ3v) is 6.20. The lowest BCUT2D eigenvalue weighted by atomic mass is 10.1. The number of hydrogen-bond acceptors (Lipinski definition) is 6. The maximum absolute atomic E-state index is 12.6. The van der Waals surface area contributed by atoms with Crippen molar-refractivity contribution >= 4 is 27.5 Å². The molecule has 1 atom stereocenters. The number of carbonyl (C=O) groups excluding carboxylic acids is 1. The number of aromatic amines is 1. The summed E-state index contributed by atoms with van der Waals surface area (Å²) in [7, 11) is 0. The first-order valence-corrected chi connectivity index (χ1v) is 10.3. The van der Waals surface area contributed by atoms with E-state index in [9.17, 15) is 9.59 Å². The Morgan fingerprint density at radius 1 is 1.35 bits per heavy atom. The zero-order chi connectivity index (χ0) is 18.7. The van der Waals surface area contributed by atoms with E-state index in [1.807, 2.05) is 6.92 Å². The molecule has 0 saturated heterocycles. The first kappa shape index (κ1) is 19.0. The number of esters is 1. The number of thiophene rings is 1. The van der Waals surface area contributed by atoms with Crippen LogP contribution < -0.4 is 10.9 Å². The highest BCUT2D eigenvalue weighted by Gasteiger charge is 2.22. The Balaban J connectivity index is 1.87. The number of hydrogen-bond donors (Lipinski definition) is 2. The molecule has 7 heteroatoms. The molecule has 0 radical (unpaired) electrons. The van der Waals surface area contributed by atoms with Crippen molar-refractivity contribution in [2.45, 2.75) is 71.4 Å². The van der Waals surface area contributed by atoms with Gasteiger partial charge in [-0.25, -0.2) is 9.78 Å². The predicted octanol–water partition coefficient (Wildman–Crippen LogP) is 3.84. The highest BCUT2D eigenvalue weighted by molar-refractivity contribution is 7.20. The number of rotatable bonds is 5. The van der Waals surface area contributed by atoms with Crippen LogP contribution in [0.1, 0.15) is 79.5 Å². The fraction of sp³-hybridized carbons (Fsp3) is 0.632. The Bertz CT molecular complexity index is 834. The van der Waals surface area contributed by atoms with Gasteiger partial charge in [-0.2, -0.15) is 0 Å². The van der Waals surface area contributed by atoms with Crippen molar-refractivity contribution in [3.63, 3.8) is 0 Å². The van der Waals surface area contributed by atoms with E-state index >= 15 is 0 Å². The van der Waals surface area contributed by atoms with Crippen LogP contribution in [0.2, 0.25) is 0 Å². The Morgan fingerprint density at radius 3 is 2.69 bits per heavy atom. The SMILES string of the molecule is CCOC(=O)c1sc2nc([C@@H](C)NC3CCCCCC3)[nH]c(=O)c2c1C. The summed E-state index contributed by atoms with van der Waals surface area (Å²) in [4.78, 5) is 33.3. The van der Waals surface area contributed by atoms with Crippen molar-refractivity contribution in [1.82, 2.24) is 15.3 Å². The third-order valence-electron chi connectivity index (χ3n) is 5.03. The second-order valence-electron chi connectivity index (χ2n) is 6.98. The molecule has 1 aliphatic rings. The molecule has 2 N–H and O–H groups in total. The minimum Gasteiger partial charge on any atom is -0.462 e. The molecule has 1 fully saturated rings. The molecule has 2 aromatic rings. The van der Waals surface area contributed by atoms with E-state index in [1.165, 1.54) is 49.9 Å². The van der Waals surface area contributed by atoms with Crippen LogP contribution in [-0.2, 0) is 4.74 Å². The molecule has 1 saturated carbocycles. The second-order valence-corrected chi connectivity index (χ2v) is 7.98. The molecule has 26 heavy (non-hydrogen) atoms. The molecule has 0 amide bonds. The van der Waals surface area contributed by atoms with Gasteiger partial charge >= 0.3 is 5.97 Å². The smallest absolute Gasteiger partial charge is 0.348 e. The van der Waals surface area contributed by atoms with E-state index in [4.69, 9.17) is 4.74 Å². The first-order chi connectivity index (χ1) is 12.5. The minimum absolute atomic E-state index is 0.0383. The Morgan fingerprint density at radius 2 is 2.04 bits per heavy atom. The van der Waals surface area contributed by atoms with Crippen LogP contribution >= 0.6 is 11.3 Å². The van der Waals surface area contributed by atoms with Crippen molar-refractivity contribution in [1.29, 1.82) is 0 Å². The normalized spacial score (nSPS) is 17.2. The fourth-order valence-electron chi connectivity index (χ4n) is 3.64. The van der Waals surface area contributed by atoms with Gasteiger partial charge in [-0.1, -0.05) is 25.7 Å². The zero-order valence-electron chi connectivity index (χ0n) is 15.7. The highest BCUT2D eigenvalue weighted by Crippen LogP contribution is 2.28. The Hall–Kier alpha value is -1.73. The number of carbonyl (C=O) groups is 1. The molecular formula is C19H27N3O3S. The molecule has 2 heterocycles. The van der Waals surface area contributed by atoms with Crippen molar-refractivity contribution < 1.29 is 9.53 Å². The Kier molecular flexibility index (Phi) is 6.09. The van der Waals surface area contributed by atoms with Gasteiger partial charge in [-0.15, -0.1) is 11.3 Å². The van der Waals surface area contributed by atoms with E-state index < -0.39 is 5.97 Å². The Labute approximate surface area is 157 Å². The molecule has 0 aromatic carbocycles.